The Labute approximate surface area is 392 Å². The SMILES string of the molecule is CC(O)[C@H](N)C(=O)N[C@@H](CCCCN)C(=O)N1CCC[C@H]1C(=O)N[C@@H](CCCCN)C(=O)N[C@H](C(=O)N[C@@H](CCCCN)C(=O)N1CCC[C@H]1C(=O)N[C@@H](CCCN=C(N)N)C(=O)O)C(C)O. The van der Waals surface area contributed by atoms with Crippen molar-refractivity contribution < 1.29 is 53.7 Å². The van der Waals surface area contributed by atoms with Crippen molar-refractivity contribution in [1.29, 1.82) is 0 Å². The topological polar surface area (TPSA) is 432 Å². The van der Waals surface area contributed by atoms with Crippen LogP contribution in [0.25, 0.3) is 0 Å². The van der Waals surface area contributed by atoms with Crippen LogP contribution in [0.1, 0.15) is 110 Å². The Kier molecular flexibility index (Phi) is 26.1. The quantitative estimate of drug-likeness (QED) is 0.0176. The number of aliphatic imine (C=N–C) groups is 1. The van der Waals surface area contributed by atoms with Crippen LogP contribution in [-0.4, -0.2) is 178 Å². The first-order valence-electron chi connectivity index (χ1n) is 23.4. The predicted molar refractivity (Wildman–Crippen MR) is 247 cm³/mol. The summed E-state index contributed by atoms with van der Waals surface area (Å²) in [5.74, 6) is -6.50. The second-order valence-electron chi connectivity index (χ2n) is 17.3. The highest BCUT2D eigenvalue weighted by Gasteiger charge is 2.42. The molecule has 0 aliphatic carbocycles. The van der Waals surface area contributed by atoms with Gasteiger partial charge in [-0.1, -0.05) is 0 Å². The lowest BCUT2D eigenvalue weighted by molar-refractivity contribution is -0.145. The van der Waals surface area contributed by atoms with Gasteiger partial charge in [0.15, 0.2) is 5.96 Å². The summed E-state index contributed by atoms with van der Waals surface area (Å²) < 4.78 is 0. The molecule has 7 amide bonds. The van der Waals surface area contributed by atoms with Crippen molar-refractivity contribution in [2.24, 2.45) is 39.4 Å². The Morgan fingerprint density at radius 1 is 0.582 bits per heavy atom. The molecule has 0 bridgehead atoms. The van der Waals surface area contributed by atoms with Gasteiger partial charge in [0.05, 0.1) is 12.2 Å². The maximum Gasteiger partial charge on any atom is 0.326 e. The number of amides is 7. The summed E-state index contributed by atoms with van der Waals surface area (Å²) in [6, 6.07) is -9.88. The van der Waals surface area contributed by atoms with Gasteiger partial charge in [-0.25, -0.2) is 4.79 Å². The molecule has 0 aromatic heterocycles. The van der Waals surface area contributed by atoms with Crippen LogP contribution in [0.5, 0.6) is 0 Å². The van der Waals surface area contributed by atoms with Gasteiger partial charge >= 0.3 is 5.97 Å². The smallest absolute Gasteiger partial charge is 0.326 e. The average Bonchev–Trinajstić information content (AvgIpc) is 3.98. The highest BCUT2D eigenvalue weighted by molar-refractivity contribution is 5.98. The van der Waals surface area contributed by atoms with E-state index in [0.29, 0.717) is 57.9 Å². The standard InChI is InChI=1S/C42H78N14O11/c1-24(57)32(46)37(62)51-27(13-4-7-19-44)39(64)55-22-10-16-30(55)35(60)50-26(12-3-6-18-43)34(59)54-33(25(2)58)38(63)52-28(14-5-8-20-45)40(65)56-23-11-17-31(56)36(61)53-29(41(66)67)15-9-21-49-42(47)48/h24-33,57-58H,3-23,43-46H2,1-2H3,(H,50,60)(H,51,62)(H,52,63)(H,53,61)(H,54,59)(H,66,67)(H4,47,48,49)/t24?,25?,26-,27-,28-,29-,30-,31-,32-,33-/m0/s1. The Balaban J connectivity index is 2.29. The maximum absolute atomic E-state index is 14.2. The number of carboxylic acid groups (broad SMARTS) is 1. The van der Waals surface area contributed by atoms with Crippen LogP contribution in [0.3, 0.4) is 0 Å². The van der Waals surface area contributed by atoms with Gasteiger partial charge in [-0.2, -0.15) is 0 Å². The molecule has 25 nitrogen and oxygen atoms in total. The van der Waals surface area contributed by atoms with E-state index in [2.05, 4.69) is 31.6 Å². The van der Waals surface area contributed by atoms with E-state index in [1.54, 1.807) is 0 Å². The van der Waals surface area contributed by atoms with Crippen molar-refractivity contribution in [3.63, 3.8) is 0 Å². The van der Waals surface area contributed by atoms with E-state index in [9.17, 15) is 53.7 Å². The zero-order chi connectivity index (χ0) is 50.2. The molecule has 2 aliphatic heterocycles. The van der Waals surface area contributed by atoms with Gasteiger partial charge in [0.25, 0.3) is 0 Å². The minimum atomic E-state index is -1.63. The normalized spacial score (nSPS) is 19.4. The number of rotatable bonds is 31. The Morgan fingerprint density at radius 3 is 1.43 bits per heavy atom. The number of unbranched alkanes of at least 4 members (excludes halogenated alkanes) is 3. The minimum Gasteiger partial charge on any atom is -0.480 e. The first-order chi connectivity index (χ1) is 31.8. The Hall–Kier alpha value is -5.21. The number of nitrogens with two attached hydrogens (primary N) is 6. The number of aliphatic hydroxyl groups excluding tert-OH is 2. The summed E-state index contributed by atoms with van der Waals surface area (Å²) in [5, 5.41) is 43.5. The third kappa shape index (κ3) is 19.1. The molecular weight excluding hydrogens is 877 g/mol. The summed E-state index contributed by atoms with van der Waals surface area (Å²) in [7, 11) is 0. The molecule has 2 rings (SSSR count). The number of hydrogen-bond acceptors (Lipinski definition) is 15. The number of aliphatic hydroxyl groups is 2. The molecule has 2 saturated heterocycles. The fourth-order valence-electron chi connectivity index (χ4n) is 7.97. The number of carbonyl (C=O) groups excluding carboxylic acids is 7. The molecule has 67 heavy (non-hydrogen) atoms. The number of likely N-dealkylation sites (tertiary alicyclic amines) is 2. The second-order valence-corrected chi connectivity index (χ2v) is 17.3. The fraction of sp³-hybridized carbons (Fsp3) is 0.786. The van der Waals surface area contributed by atoms with Gasteiger partial charge in [-0.05, 0) is 130 Å². The fourth-order valence-corrected chi connectivity index (χ4v) is 7.97. The average molecular weight is 955 g/mol. The van der Waals surface area contributed by atoms with Crippen LogP contribution < -0.4 is 61.0 Å². The van der Waals surface area contributed by atoms with Crippen LogP contribution in [0, 0.1) is 0 Å². The third-order valence-electron chi connectivity index (χ3n) is 11.8. The molecule has 382 valence electrons. The van der Waals surface area contributed by atoms with Crippen molar-refractivity contribution in [2.45, 2.75) is 171 Å². The molecule has 0 spiro atoms. The molecule has 2 unspecified atom stereocenters. The lowest BCUT2D eigenvalue weighted by Gasteiger charge is -2.32. The van der Waals surface area contributed by atoms with Gasteiger partial charge in [0.1, 0.15) is 48.3 Å². The monoisotopic (exact) mass is 955 g/mol. The van der Waals surface area contributed by atoms with Crippen molar-refractivity contribution in [3.05, 3.63) is 0 Å². The largest absolute Gasteiger partial charge is 0.480 e. The summed E-state index contributed by atoms with van der Waals surface area (Å²) in [4.78, 5) is 115. The van der Waals surface area contributed by atoms with E-state index in [1.165, 1.54) is 23.6 Å². The number of guanidine groups is 1. The van der Waals surface area contributed by atoms with E-state index in [-0.39, 0.29) is 83.6 Å². The number of nitrogens with one attached hydrogen (secondary N) is 5. The zero-order valence-electron chi connectivity index (χ0n) is 39.0. The molecule has 2 aliphatic rings. The molecule has 0 radical (unpaired) electrons. The van der Waals surface area contributed by atoms with Gasteiger partial charge in [-0.15, -0.1) is 0 Å². The van der Waals surface area contributed by atoms with Gasteiger partial charge < -0.3 is 86.1 Å². The summed E-state index contributed by atoms with van der Waals surface area (Å²) in [6.45, 7) is 3.96. The number of carbonyl (C=O) groups is 8. The molecule has 20 N–H and O–H groups in total. The van der Waals surface area contributed by atoms with Gasteiger partial charge in [0, 0.05) is 19.6 Å². The van der Waals surface area contributed by atoms with Crippen molar-refractivity contribution >= 4 is 53.3 Å². The Bertz CT molecular complexity index is 1670. The molecule has 25 heteroatoms. The van der Waals surface area contributed by atoms with Crippen LogP contribution in [0.2, 0.25) is 0 Å². The maximum atomic E-state index is 14.2. The molecule has 10 atom stereocenters. The van der Waals surface area contributed by atoms with Crippen molar-refractivity contribution in [2.75, 3.05) is 39.3 Å². The van der Waals surface area contributed by atoms with Crippen LogP contribution in [0.15, 0.2) is 4.99 Å². The lowest BCUT2D eigenvalue weighted by Crippen LogP contribution is -2.61. The van der Waals surface area contributed by atoms with Crippen LogP contribution in [0.4, 0.5) is 0 Å². The number of aliphatic carboxylic acids is 1. The van der Waals surface area contributed by atoms with E-state index in [0.717, 1.165) is 0 Å². The highest BCUT2D eigenvalue weighted by atomic mass is 16.4. The lowest BCUT2D eigenvalue weighted by atomic mass is 10.0. The summed E-state index contributed by atoms with van der Waals surface area (Å²) in [6.07, 6.45) is 1.96. The van der Waals surface area contributed by atoms with E-state index >= 15 is 0 Å². The Morgan fingerprint density at radius 2 is 1.01 bits per heavy atom. The molecule has 2 heterocycles. The van der Waals surface area contributed by atoms with E-state index < -0.39 is 108 Å². The van der Waals surface area contributed by atoms with E-state index in [1.807, 2.05) is 0 Å². The van der Waals surface area contributed by atoms with Crippen LogP contribution >= 0.6 is 0 Å². The highest BCUT2D eigenvalue weighted by Crippen LogP contribution is 2.22. The van der Waals surface area contributed by atoms with Crippen molar-refractivity contribution in [1.82, 2.24) is 36.4 Å². The number of carboxylic acids is 1. The van der Waals surface area contributed by atoms with Gasteiger partial charge in [-0.3, -0.25) is 38.6 Å². The summed E-state index contributed by atoms with van der Waals surface area (Å²) >= 11 is 0. The summed E-state index contributed by atoms with van der Waals surface area (Å²) in [5.41, 5.74) is 33.6. The minimum absolute atomic E-state index is 0.0123. The first-order valence-corrected chi connectivity index (χ1v) is 23.4. The molecule has 0 aromatic carbocycles. The van der Waals surface area contributed by atoms with Gasteiger partial charge in [0.2, 0.25) is 41.4 Å². The van der Waals surface area contributed by atoms with Crippen LogP contribution in [-0.2, 0) is 38.4 Å². The predicted octanol–water partition coefficient (Wildman–Crippen LogP) is -4.99. The van der Waals surface area contributed by atoms with E-state index in [4.69, 9.17) is 34.4 Å². The van der Waals surface area contributed by atoms with Crippen molar-refractivity contribution in [3.8, 4) is 0 Å². The zero-order valence-corrected chi connectivity index (χ0v) is 39.0. The number of nitrogens with zero attached hydrogens (tertiary/aromatic N) is 3. The molecule has 2 fully saturated rings. The molecular formula is C42H78N14O11. The molecule has 0 aromatic rings. The number of hydrogen-bond donors (Lipinski definition) is 14. The third-order valence-corrected chi connectivity index (χ3v) is 11.8. The second kappa shape index (κ2) is 30.2. The molecule has 0 saturated carbocycles. The first kappa shape index (κ1) is 57.9.